The molecule has 1 aromatic carbocycles. The van der Waals surface area contributed by atoms with E-state index in [1.165, 1.54) is 0 Å². The van der Waals surface area contributed by atoms with Crippen molar-refractivity contribution in [2.75, 3.05) is 19.6 Å². The zero-order valence-corrected chi connectivity index (χ0v) is 14.9. The molecule has 2 aromatic rings. The number of likely N-dealkylation sites (tertiary alicyclic amines) is 1. The first-order chi connectivity index (χ1) is 12.2. The molecule has 1 aliphatic rings. The molecule has 7 nitrogen and oxygen atoms in total. The Hall–Kier alpha value is -2.41. The first kappa shape index (κ1) is 17.4. The van der Waals surface area contributed by atoms with Crippen LogP contribution in [0.25, 0.3) is 5.69 Å². The molecule has 25 heavy (non-hydrogen) atoms. The first-order valence-electron chi connectivity index (χ1n) is 8.91. The second kappa shape index (κ2) is 8.11. The summed E-state index contributed by atoms with van der Waals surface area (Å²) < 4.78 is 1.71. The molecule has 1 atom stereocenters. The highest BCUT2D eigenvalue weighted by atomic mass is 16.2. The molecule has 1 aromatic heterocycles. The lowest BCUT2D eigenvalue weighted by molar-refractivity contribution is 0.197. The third-order valence-electron chi connectivity index (χ3n) is 4.80. The quantitative estimate of drug-likeness (QED) is 0.873. The first-order valence-corrected chi connectivity index (χ1v) is 8.91. The summed E-state index contributed by atoms with van der Waals surface area (Å²) in [6.07, 6.45) is 5.48. The summed E-state index contributed by atoms with van der Waals surface area (Å²) in [6.45, 7) is 7.36. The van der Waals surface area contributed by atoms with Gasteiger partial charge in [-0.05, 0) is 44.0 Å². The van der Waals surface area contributed by atoms with Crippen LogP contribution in [0.15, 0.2) is 36.7 Å². The largest absolute Gasteiger partial charge is 0.335 e. The molecule has 0 saturated carbocycles. The number of nitrogens with one attached hydrogen (secondary N) is 2. The third kappa shape index (κ3) is 4.57. The number of carbonyl (C=O) groups is 1. The van der Waals surface area contributed by atoms with Crippen LogP contribution in [0.4, 0.5) is 4.79 Å². The standard InChI is InChI=1S/C18H26N6O/c1-3-23-11-8-16(9-12-23)21-18(25)20-14(2)15-4-6-17(7-5-15)24-13-10-19-22-24/h4-7,10,13-14,16H,3,8-9,11-12H2,1-2H3,(H2,20,21,25). The van der Waals surface area contributed by atoms with Crippen molar-refractivity contribution in [2.24, 2.45) is 0 Å². The van der Waals surface area contributed by atoms with Gasteiger partial charge in [0, 0.05) is 19.1 Å². The fourth-order valence-corrected chi connectivity index (χ4v) is 3.16. The predicted molar refractivity (Wildman–Crippen MR) is 96.6 cm³/mol. The monoisotopic (exact) mass is 342 g/mol. The molecule has 1 aliphatic heterocycles. The van der Waals surface area contributed by atoms with Crippen molar-refractivity contribution in [1.82, 2.24) is 30.5 Å². The second-order valence-electron chi connectivity index (χ2n) is 6.49. The maximum Gasteiger partial charge on any atom is 0.315 e. The molecule has 1 fully saturated rings. The number of hydrogen-bond donors (Lipinski definition) is 2. The Balaban J connectivity index is 1.50. The van der Waals surface area contributed by atoms with Crippen molar-refractivity contribution >= 4 is 6.03 Å². The molecule has 1 saturated heterocycles. The molecular weight excluding hydrogens is 316 g/mol. The molecular formula is C18H26N6O. The van der Waals surface area contributed by atoms with E-state index in [0.29, 0.717) is 0 Å². The van der Waals surface area contributed by atoms with Gasteiger partial charge in [-0.15, -0.1) is 5.10 Å². The summed E-state index contributed by atoms with van der Waals surface area (Å²) in [6, 6.07) is 8.07. The molecule has 0 radical (unpaired) electrons. The van der Waals surface area contributed by atoms with Crippen molar-refractivity contribution in [2.45, 2.75) is 38.8 Å². The molecule has 0 bridgehead atoms. The molecule has 2 N–H and O–H groups in total. The number of benzene rings is 1. The number of carbonyl (C=O) groups excluding carboxylic acids is 1. The Morgan fingerprint density at radius 1 is 1.28 bits per heavy atom. The summed E-state index contributed by atoms with van der Waals surface area (Å²) in [5.74, 6) is 0. The van der Waals surface area contributed by atoms with E-state index >= 15 is 0 Å². The Kier molecular flexibility index (Phi) is 5.65. The Morgan fingerprint density at radius 2 is 2.00 bits per heavy atom. The molecule has 2 amide bonds. The molecule has 0 aliphatic carbocycles. The van der Waals surface area contributed by atoms with Crippen molar-refractivity contribution in [3.63, 3.8) is 0 Å². The van der Waals surface area contributed by atoms with Gasteiger partial charge in [0.1, 0.15) is 0 Å². The molecule has 7 heteroatoms. The van der Waals surface area contributed by atoms with Gasteiger partial charge in [-0.1, -0.05) is 24.3 Å². The van der Waals surface area contributed by atoms with Crippen molar-refractivity contribution in [1.29, 1.82) is 0 Å². The van der Waals surface area contributed by atoms with Gasteiger partial charge in [0.2, 0.25) is 0 Å². The lowest BCUT2D eigenvalue weighted by Gasteiger charge is -2.31. The van der Waals surface area contributed by atoms with E-state index in [0.717, 1.165) is 43.7 Å². The minimum absolute atomic E-state index is 0.0551. The van der Waals surface area contributed by atoms with E-state index in [-0.39, 0.29) is 18.1 Å². The summed E-state index contributed by atoms with van der Waals surface area (Å²) in [4.78, 5) is 14.7. The highest BCUT2D eigenvalue weighted by Gasteiger charge is 2.20. The Morgan fingerprint density at radius 3 is 2.60 bits per heavy atom. The number of amides is 2. The maximum atomic E-state index is 12.2. The van der Waals surface area contributed by atoms with Crippen LogP contribution in [-0.4, -0.2) is 51.6 Å². The third-order valence-corrected chi connectivity index (χ3v) is 4.80. The average Bonchev–Trinajstić information content (AvgIpc) is 3.17. The van der Waals surface area contributed by atoms with E-state index in [4.69, 9.17) is 0 Å². The van der Waals surface area contributed by atoms with Gasteiger partial charge in [-0.25, -0.2) is 9.48 Å². The van der Waals surface area contributed by atoms with Crippen LogP contribution in [0, 0.1) is 0 Å². The highest BCUT2D eigenvalue weighted by molar-refractivity contribution is 5.74. The van der Waals surface area contributed by atoms with Crippen LogP contribution in [0.1, 0.15) is 38.3 Å². The lowest BCUT2D eigenvalue weighted by Crippen LogP contribution is -2.48. The number of nitrogens with zero attached hydrogens (tertiary/aromatic N) is 4. The van der Waals surface area contributed by atoms with E-state index < -0.39 is 0 Å². The van der Waals surface area contributed by atoms with E-state index in [1.54, 1.807) is 17.1 Å². The zero-order chi connectivity index (χ0) is 17.6. The fourth-order valence-electron chi connectivity index (χ4n) is 3.16. The smallest absolute Gasteiger partial charge is 0.315 e. The minimum atomic E-state index is -0.0946. The van der Waals surface area contributed by atoms with Crippen LogP contribution in [0.3, 0.4) is 0 Å². The van der Waals surface area contributed by atoms with Crippen molar-refractivity contribution in [3.8, 4) is 5.69 Å². The van der Waals surface area contributed by atoms with Gasteiger partial charge in [0.05, 0.1) is 24.1 Å². The number of rotatable bonds is 5. The summed E-state index contributed by atoms with van der Waals surface area (Å²) in [5, 5.41) is 13.9. The lowest BCUT2D eigenvalue weighted by atomic mass is 10.1. The van der Waals surface area contributed by atoms with E-state index in [2.05, 4.69) is 32.8 Å². The van der Waals surface area contributed by atoms with Crippen LogP contribution in [-0.2, 0) is 0 Å². The predicted octanol–water partition coefficient (Wildman–Crippen LogP) is 2.11. The van der Waals surface area contributed by atoms with E-state index in [1.807, 2.05) is 31.2 Å². The number of hydrogen-bond acceptors (Lipinski definition) is 4. The van der Waals surface area contributed by atoms with Gasteiger partial charge in [-0.3, -0.25) is 0 Å². The Bertz CT molecular complexity index is 661. The van der Waals surface area contributed by atoms with Crippen molar-refractivity contribution in [3.05, 3.63) is 42.2 Å². The summed E-state index contributed by atoms with van der Waals surface area (Å²) in [7, 11) is 0. The highest BCUT2D eigenvalue weighted by Crippen LogP contribution is 2.15. The van der Waals surface area contributed by atoms with Crippen LogP contribution >= 0.6 is 0 Å². The zero-order valence-electron chi connectivity index (χ0n) is 14.9. The van der Waals surface area contributed by atoms with Crippen LogP contribution in [0.2, 0.25) is 0 Å². The van der Waals surface area contributed by atoms with E-state index in [9.17, 15) is 4.79 Å². The topological polar surface area (TPSA) is 75.1 Å². The van der Waals surface area contributed by atoms with Gasteiger partial charge < -0.3 is 15.5 Å². The molecule has 2 heterocycles. The van der Waals surface area contributed by atoms with Gasteiger partial charge in [0.15, 0.2) is 0 Å². The van der Waals surface area contributed by atoms with Crippen LogP contribution < -0.4 is 10.6 Å². The SMILES string of the molecule is CCN1CCC(NC(=O)NC(C)c2ccc(-n3ccnn3)cc2)CC1. The maximum absolute atomic E-state index is 12.2. The molecule has 3 rings (SSSR count). The number of aromatic nitrogens is 3. The summed E-state index contributed by atoms with van der Waals surface area (Å²) in [5.41, 5.74) is 2.00. The van der Waals surface area contributed by atoms with Gasteiger partial charge >= 0.3 is 6.03 Å². The molecule has 0 spiro atoms. The Labute approximate surface area is 148 Å². The normalized spacial score (nSPS) is 17.2. The molecule has 1 unspecified atom stereocenters. The van der Waals surface area contributed by atoms with Gasteiger partial charge in [-0.2, -0.15) is 0 Å². The molecule has 134 valence electrons. The van der Waals surface area contributed by atoms with Gasteiger partial charge in [0.25, 0.3) is 0 Å². The second-order valence-corrected chi connectivity index (χ2v) is 6.49. The van der Waals surface area contributed by atoms with Crippen molar-refractivity contribution < 1.29 is 4.79 Å². The number of piperidine rings is 1. The fraction of sp³-hybridized carbons (Fsp3) is 0.500. The van der Waals surface area contributed by atoms with Crippen LogP contribution in [0.5, 0.6) is 0 Å². The summed E-state index contributed by atoms with van der Waals surface area (Å²) >= 11 is 0. The minimum Gasteiger partial charge on any atom is -0.335 e. The average molecular weight is 342 g/mol. The number of urea groups is 1.